The summed E-state index contributed by atoms with van der Waals surface area (Å²) >= 11 is 0. The number of methoxy groups -OCH3 is 1. The summed E-state index contributed by atoms with van der Waals surface area (Å²) < 4.78 is 4.61. The van der Waals surface area contributed by atoms with Crippen molar-refractivity contribution in [2.24, 2.45) is 0 Å². The molecule has 0 aromatic heterocycles. The molecule has 0 aromatic rings. The predicted octanol–water partition coefficient (Wildman–Crippen LogP) is 5.17. The van der Waals surface area contributed by atoms with Crippen LogP contribution in [0.3, 0.4) is 0 Å². The van der Waals surface area contributed by atoms with Crippen LogP contribution in [0.5, 0.6) is 0 Å². The number of unbranched alkanes of at least 4 members (excludes halogenated alkanes) is 8. The van der Waals surface area contributed by atoms with E-state index >= 15 is 0 Å². The average molecular weight is 312 g/mol. The first kappa shape index (κ1) is 21.2. The minimum absolute atomic E-state index is 0.106. The number of carbonyl (C=O) groups is 1. The van der Waals surface area contributed by atoms with Gasteiger partial charge in [0.25, 0.3) is 0 Å². The van der Waals surface area contributed by atoms with Gasteiger partial charge in [0, 0.05) is 6.42 Å². The van der Waals surface area contributed by atoms with Gasteiger partial charge in [0.2, 0.25) is 0 Å². The minimum atomic E-state index is -0.179. The Kier molecular flexibility index (Phi) is 15.9. The third kappa shape index (κ3) is 15.6. The Hall–Kier alpha value is -0.830. The minimum Gasteiger partial charge on any atom is -0.469 e. The lowest BCUT2D eigenvalue weighted by atomic mass is 10.0. The second kappa shape index (κ2) is 16.5. The summed E-state index contributed by atoms with van der Waals surface area (Å²) in [6, 6.07) is 0. The number of rotatable bonds is 15. The Morgan fingerprint density at radius 3 is 2.36 bits per heavy atom. The van der Waals surface area contributed by atoms with Crippen LogP contribution in [0.2, 0.25) is 0 Å². The van der Waals surface area contributed by atoms with Crippen molar-refractivity contribution in [1.29, 1.82) is 0 Å². The van der Waals surface area contributed by atoms with E-state index in [0.29, 0.717) is 6.42 Å². The molecule has 3 heteroatoms. The van der Waals surface area contributed by atoms with Crippen LogP contribution in [0.4, 0.5) is 0 Å². The van der Waals surface area contributed by atoms with Crippen LogP contribution in [0.1, 0.15) is 90.4 Å². The summed E-state index contributed by atoms with van der Waals surface area (Å²) in [5.74, 6) is -0.106. The average Bonchev–Trinajstić information content (AvgIpc) is 2.52. The van der Waals surface area contributed by atoms with E-state index in [1.165, 1.54) is 45.6 Å². The number of hydrogen-bond acceptors (Lipinski definition) is 3. The first-order valence-electron chi connectivity index (χ1n) is 9.10. The lowest BCUT2D eigenvalue weighted by Gasteiger charge is -2.07. The van der Waals surface area contributed by atoms with Crippen LogP contribution < -0.4 is 0 Å². The highest BCUT2D eigenvalue weighted by Crippen LogP contribution is 2.12. The molecule has 0 aliphatic carbocycles. The van der Waals surface area contributed by atoms with Crippen molar-refractivity contribution in [3.8, 4) is 0 Å². The number of hydrogen-bond donors (Lipinski definition) is 1. The molecule has 0 saturated heterocycles. The summed E-state index contributed by atoms with van der Waals surface area (Å²) in [5.41, 5.74) is 0. The number of aliphatic hydroxyl groups excluding tert-OH is 1. The summed E-state index contributed by atoms with van der Waals surface area (Å²) in [6.45, 7) is 2.21. The van der Waals surface area contributed by atoms with Gasteiger partial charge in [0.15, 0.2) is 0 Å². The topological polar surface area (TPSA) is 46.5 Å². The van der Waals surface area contributed by atoms with E-state index in [4.69, 9.17) is 0 Å². The molecular weight excluding hydrogens is 276 g/mol. The SMILES string of the molecule is CCCCC/C=C/CC(O)CCCCCCCCC(=O)OC. The molecule has 0 saturated carbocycles. The number of aliphatic hydroxyl groups is 1. The highest BCUT2D eigenvalue weighted by Gasteiger charge is 2.02. The van der Waals surface area contributed by atoms with Crippen molar-refractivity contribution in [2.45, 2.75) is 96.5 Å². The summed E-state index contributed by atoms with van der Waals surface area (Å²) in [7, 11) is 1.44. The molecule has 0 aliphatic rings. The van der Waals surface area contributed by atoms with Crippen molar-refractivity contribution in [3.63, 3.8) is 0 Å². The number of allylic oxidation sites excluding steroid dienone is 1. The monoisotopic (exact) mass is 312 g/mol. The fraction of sp³-hybridized carbons (Fsp3) is 0.842. The van der Waals surface area contributed by atoms with Gasteiger partial charge in [0.1, 0.15) is 0 Å². The molecule has 0 rings (SSSR count). The molecule has 3 nitrogen and oxygen atoms in total. The van der Waals surface area contributed by atoms with E-state index in [1.807, 2.05) is 0 Å². The third-order valence-corrected chi connectivity index (χ3v) is 3.95. The van der Waals surface area contributed by atoms with Crippen molar-refractivity contribution in [2.75, 3.05) is 7.11 Å². The molecule has 0 bridgehead atoms. The molecule has 1 atom stereocenters. The van der Waals surface area contributed by atoms with Crippen LogP contribution in [0, 0.1) is 0 Å². The van der Waals surface area contributed by atoms with Crippen LogP contribution in [-0.4, -0.2) is 24.3 Å². The van der Waals surface area contributed by atoms with E-state index in [1.54, 1.807) is 0 Å². The molecule has 0 radical (unpaired) electrons. The molecule has 0 amide bonds. The largest absolute Gasteiger partial charge is 0.469 e. The maximum absolute atomic E-state index is 10.9. The molecule has 0 heterocycles. The third-order valence-electron chi connectivity index (χ3n) is 3.95. The van der Waals surface area contributed by atoms with Crippen molar-refractivity contribution in [3.05, 3.63) is 12.2 Å². The molecule has 22 heavy (non-hydrogen) atoms. The van der Waals surface area contributed by atoms with Gasteiger partial charge < -0.3 is 9.84 Å². The van der Waals surface area contributed by atoms with Gasteiger partial charge in [-0.05, 0) is 32.1 Å². The van der Waals surface area contributed by atoms with Crippen LogP contribution in [-0.2, 0) is 9.53 Å². The maximum Gasteiger partial charge on any atom is 0.305 e. The Labute approximate surface area is 137 Å². The van der Waals surface area contributed by atoms with Gasteiger partial charge in [-0.1, -0.05) is 64.0 Å². The highest BCUT2D eigenvalue weighted by atomic mass is 16.5. The van der Waals surface area contributed by atoms with Gasteiger partial charge in [-0.25, -0.2) is 0 Å². The highest BCUT2D eigenvalue weighted by molar-refractivity contribution is 5.68. The van der Waals surface area contributed by atoms with E-state index in [0.717, 1.165) is 38.5 Å². The fourth-order valence-electron chi connectivity index (χ4n) is 2.46. The standard InChI is InChI=1S/C19H36O3/c1-3-4-5-6-9-12-15-18(20)16-13-10-7-8-11-14-17-19(21)22-2/h9,12,18,20H,3-8,10-11,13-17H2,1-2H3/b12-9+. The fourth-order valence-corrected chi connectivity index (χ4v) is 2.46. The zero-order chi connectivity index (χ0) is 16.5. The van der Waals surface area contributed by atoms with Crippen LogP contribution in [0.25, 0.3) is 0 Å². The summed E-state index contributed by atoms with van der Waals surface area (Å²) in [4.78, 5) is 10.9. The Morgan fingerprint density at radius 2 is 1.68 bits per heavy atom. The van der Waals surface area contributed by atoms with Gasteiger partial charge in [-0.2, -0.15) is 0 Å². The molecular formula is C19H36O3. The zero-order valence-corrected chi connectivity index (χ0v) is 14.7. The molecule has 130 valence electrons. The predicted molar refractivity (Wildman–Crippen MR) is 92.9 cm³/mol. The van der Waals surface area contributed by atoms with Gasteiger partial charge >= 0.3 is 5.97 Å². The van der Waals surface area contributed by atoms with E-state index in [9.17, 15) is 9.90 Å². The van der Waals surface area contributed by atoms with E-state index < -0.39 is 0 Å². The van der Waals surface area contributed by atoms with E-state index in [-0.39, 0.29) is 12.1 Å². The molecule has 0 aliphatic heterocycles. The first-order chi connectivity index (χ1) is 10.7. The van der Waals surface area contributed by atoms with Crippen molar-refractivity contribution < 1.29 is 14.6 Å². The molecule has 1 unspecified atom stereocenters. The Morgan fingerprint density at radius 1 is 1.00 bits per heavy atom. The zero-order valence-electron chi connectivity index (χ0n) is 14.7. The van der Waals surface area contributed by atoms with Crippen molar-refractivity contribution >= 4 is 5.97 Å². The lowest BCUT2D eigenvalue weighted by Crippen LogP contribution is -2.04. The number of carbonyl (C=O) groups excluding carboxylic acids is 1. The molecule has 0 spiro atoms. The second-order valence-corrected chi connectivity index (χ2v) is 6.09. The first-order valence-corrected chi connectivity index (χ1v) is 9.10. The smallest absolute Gasteiger partial charge is 0.305 e. The van der Waals surface area contributed by atoms with E-state index in [2.05, 4.69) is 23.8 Å². The molecule has 0 aromatic carbocycles. The van der Waals surface area contributed by atoms with Gasteiger partial charge in [0.05, 0.1) is 13.2 Å². The van der Waals surface area contributed by atoms with Crippen LogP contribution >= 0.6 is 0 Å². The molecule has 0 fully saturated rings. The van der Waals surface area contributed by atoms with Gasteiger partial charge in [-0.15, -0.1) is 0 Å². The Balaban J connectivity index is 3.27. The normalized spacial score (nSPS) is 12.7. The quantitative estimate of drug-likeness (QED) is 0.258. The molecule has 1 N–H and O–H groups in total. The maximum atomic E-state index is 10.9. The summed E-state index contributed by atoms with van der Waals surface area (Å²) in [6.07, 6.45) is 18.0. The van der Waals surface area contributed by atoms with Crippen molar-refractivity contribution in [1.82, 2.24) is 0 Å². The second-order valence-electron chi connectivity index (χ2n) is 6.09. The summed E-state index contributed by atoms with van der Waals surface area (Å²) in [5, 5.41) is 9.88. The van der Waals surface area contributed by atoms with Gasteiger partial charge in [-0.3, -0.25) is 4.79 Å². The lowest BCUT2D eigenvalue weighted by molar-refractivity contribution is -0.140. The van der Waals surface area contributed by atoms with Crippen LogP contribution in [0.15, 0.2) is 12.2 Å². The Bertz CT molecular complexity index is 274. The number of esters is 1. The number of ether oxygens (including phenoxy) is 1.